The number of fused-ring (bicyclic) bond motifs is 1. The molecular weight excluding hydrogens is 388 g/mol. The SMILES string of the molecule is C=C(/C=C(\C=C/C)COc1ccccc1)CNC(=O)c1ccc2c(c1)C(C#N)COC2. The smallest absolute Gasteiger partial charge is 0.251 e. The van der Waals surface area contributed by atoms with Gasteiger partial charge in [-0.15, -0.1) is 0 Å². The molecule has 1 amide bonds. The van der Waals surface area contributed by atoms with E-state index in [2.05, 4.69) is 18.0 Å². The van der Waals surface area contributed by atoms with Crippen LogP contribution in [0.25, 0.3) is 0 Å². The largest absolute Gasteiger partial charge is 0.489 e. The molecule has 5 heteroatoms. The van der Waals surface area contributed by atoms with Gasteiger partial charge in [0.1, 0.15) is 12.4 Å². The van der Waals surface area contributed by atoms with E-state index < -0.39 is 0 Å². The van der Waals surface area contributed by atoms with Crippen molar-refractivity contribution in [1.29, 1.82) is 5.26 Å². The molecule has 1 atom stereocenters. The van der Waals surface area contributed by atoms with Crippen molar-refractivity contribution in [3.8, 4) is 11.8 Å². The van der Waals surface area contributed by atoms with E-state index in [1.807, 2.05) is 61.5 Å². The highest BCUT2D eigenvalue weighted by Crippen LogP contribution is 2.27. The zero-order valence-corrected chi connectivity index (χ0v) is 17.6. The van der Waals surface area contributed by atoms with Crippen molar-refractivity contribution in [3.05, 3.63) is 101 Å². The van der Waals surface area contributed by atoms with Gasteiger partial charge in [0.15, 0.2) is 0 Å². The van der Waals surface area contributed by atoms with Crippen LogP contribution >= 0.6 is 0 Å². The topological polar surface area (TPSA) is 71.3 Å². The summed E-state index contributed by atoms with van der Waals surface area (Å²) in [6, 6.07) is 17.2. The van der Waals surface area contributed by atoms with Crippen molar-refractivity contribution in [2.75, 3.05) is 19.8 Å². The van der Waals surface area contributed by atoms with Gasteiger partial charge in [0, 0.05) is 12.1 Å². The number of rotatable bonds is 8. The summed E-state index contributed by atoms with van der Waals surface area (Å²) < 4.78 is 11.2. The minimum absolute atomic E-state index is 0.200. The van der Waals surface area contributed by atoms with Crippen molar-refractivity contribution in [1.82, 2.24) is 5.32 Å². The number of para-hydroxylation sites is 1. The highest BCUT2D eigenvalue weighted by molar-refractivity contribution is 5.94. The minimum Gasteiger partial charge on any atom is -0.489 e. The summed E-state index contributed by atoms with van der Waals surface area (Å²) in [5.74, 6) is 0.251. The molecule has 1 N–H and O–H groups in total. The van der Waals surface area contributed by atoms with Crippen LogP contribution in [-0.4, -0.2) is 25.7 Å². The molecule has 31 heavy (non-hydrogen) atoms. The van der Waals surface area contributed by atoms with Crippen molar-refractivity contribution < 1.29 is 14.3 Å². The molecule has 0 spiro atoms. The van der Waals surface area contributed by atoms with Gasteiger partial charge in [-0.25, -0.2) is 0 Å². The molecule has 2 aromatic rings. The Morgan fingerprint density at radius 3 is 2.87 bits per heavy atom. The third-order valence-electron chi connectivity index (χ3n) is 4.88. The number of carbonyl (C=O) groups is 1. The maximum atomic E-state index is 12.6. The van der Waals surface area contributed by atoms with Gasteiger partial charge in [0.05, 0.1) is 25.2 Å². The van der Waals surface area contributed by atoms with E-state index in [1.54, 1.807) is 12.1 Å². The van der Waals surface area contributed by atoms with Crippen LogP contribution in [0.5, 0.6) is 5.75 Å². The number of nitrogens with zero attached hydrogens (tertiary/aromatic N) is 1. The molecule has 0 bridgehead atoms. The van der Waals surface area contributed by atoms with E-state index in [9.17, 15) is 10.1 Å². The van der Waals surface area contributed by atoms with Gasteiger partial charge in [-0.3, -0.25) is 4.79 Å². The second-order valence-electron chi connectivity index (χ2n) is 7.27. The van der Waals surface area contributed by atoms with E-state index in [-0.39, 0.29) is 11.8 Å². The van der Waals surface area contributed by atoms with Crippen molar-refractivity contribution >= 4 is 5.91 Å². The lowest BCUT2D eigenvalue weighted by molar-refractivity contribution is 0.0952. The molecule has 0 radical (unpaired) electrons. The molecule has 0 aromatic heterocycles. The van der Waals surface area contributed by atoms with Gasteiger partial charge in [0.2, 0.25) is 0 Å². The van der Waals surface area contributed by atoms with Crippen LogP contribution in [0.4, 0.5) is 0 Å². The fourth-order valence-corrected chi connectivity index (χ4v) is 3.32. The third-order valence-corrected chi connectivity index (χ3v) is 4.88. The Bertz CT molecular complexity index is 1030. The van der Waals surface area contributed by atoms with Crippen molar-refractivity contribution in [2.24, 2.45) is 0 Å². The highest BCUT2D eigenvalue weighted by Gasteiger charge is 2.21. The lowest BCUT2D eigenvalue weighted by atomic mass is 9.92. The number of nitriles is 1. The molecule has 2 aromatic carbocycles. The van der Waals surface area contributed by atoms with Gasteiger partial charge >= 0.3 is 0 Å². The Hall–Kier alpha value is -3.62. The normalized spacial score (nSPS) is 15.7. The standard InChI is InChI=1S/C26H26N2O3/c1-3-7-20(16-31-24-8-5-4-6-9-24)12-19(2)15-28-26(29)21-10-11-22-17-30-18-23(14-27)25(22)13-21/h3-13,23H,2,15-18H2,1H3,(H,28,29)/b7-3-,20-12+. The van der Waals surface area contributed by atoms with Gasteiger partial charge in [-0.1, -0.05) is 49.1 Å². The molecule has 0 saturated carbocycles. The molecule has 158 valence electrons. The fourth-order valence-electron chi connectivity index (χ4n) is 3.32. The lowest BCUT2D eigenvalue weighted by Crippen LogP contribution is -2.26. The number of hydrogen-bond donors (Lipinski definition) is 1. The van der Waals surface area contributed by atoms with Gasteiger partial charge in [-0.05, 0) is 53.5 Å². The number of hydrogen-bond acceptors (Lipinski definition) is 4. The zero-order valence-electron chi connectivity index (χ0n) is 17.6. The van der Waals surface area contributed by atoms with E-state index in [1.165, 1.54) is 0 Å². The van der Waals surface area contributed by atoms with Gasteiger partial charge in [-0.2, -0.15) is 5.26 Å². The number of benzene rings is 2. The summed E-state index contributed by atoms with van der Waals surface area (Å²) in [6.07, 6.45) is 5.82. The Morgan fingerprint density at radius 1 is 1.32 bits per heavy atom. The third kappa shape index (κ3) is 6.18. The first-order valence-corrected chi connectivity index (χ1v) is 10.2. The maximum absolute atomic E-state index is 12.6. The number of carbonyl (C=O) groups excluding carboxylic acids is 1. The summed E-state index contributed by atoms with van der Waals surface area (Å²) in [5.41, 5.74) is 4.07. The number of ether oxygens (including phenoxy) is 2. The first-order valence-electron chi connectivity index (χ1n) is 10.2. The first-order chi connectivity index (χ1) is 15.1. The summed E-state index contributed by atoms with van der Waals surface area (Å²) in [4.78, 5) is 12.6. The van der Waals surface area contributed by atoms with Crippen LogP contribution in [0, 0.1) is 11.3 Å². The molecule has 3 rings (SSSR count). The predicted octanol–water partition coefficient (Wildman–Crippen LogP) is 4.69. The van der Waals surface area contributed by atoms with Crippen LogP contribution in [-0.2, 0) is 11.3 Å². The van der Waals surface area contributed by atoms with E-state index >= 15 is 0 Å². The predicted molar refractivity (Wildman–Crippen MR) is 121 cm³/mol. The monoisotopic (exact) mass is 414 g/mol. The lowest BCUT2D eigenvalue weighted by Gasteiger charge is -2.21. The average Bonchev–Trinajstić information content (AvgIpc) is 2.81. The molecule has 1 aliphatic rings. The summed E-state index contributed by atoms with van der Waals surface area (Å²) in [6.45, 7) is 7.54. The van der Waals surface area contributed by atoms with E-state index in [4.69, 9.17) is 9.47 Å². The summed E-state index contributed by atoms with van der Waals surface area (Å²) in [7, 11) is 0. The van der Waals surface area contributed by atoms with Gasteiger partial charge in [0.25, 0.3) is 5.91 Å². The molecule has 0 fully saturated rings. The Balaban J connectivity index is 1.60. The second-order valence-corrected chi connectivity index (χ2v) is 7.27. The molecular formula is C26H26N2O3. The van der Waals surface area contributed by atoms with Crippen molar-refractivity contribution in [2.45, 2.75) is 19.4 Å². The Morgan fingerprint density at radius 2 is 2.13 bits per heavy atom. The van der Waals surface area contributed by atoms with Crippen LogP contribution in [0.2, 0.25) is 0 Å². The minimum atomic E-state index is -0.345. The summed E-state index contributed by atoms with van der Waals surface area (Å²) >= 11 is 0. The van der Waals surface area contributed by atoms with Crippen molar-refractivity contribution in [3.63, 3.8) is 0 Å². The number of amides is 1. The molecule has 1 heterocycles. The van der Waals surface area contributed by atoms with Crippen LogP contribution < -0.4 is 10.1 Å². The number of allylic oxidation sites excluding steroid dienone is 1. The average molecular weight is 415 g/mol. The molecule has 5 nitrogen and oxygen atoms in total. The van der Waals surface area contributed by atoms with Crippen LogP contribution in [0.15, 0.2) is 84.5 Å². The molecule has 1 aliphatic heterocycles. The Labute approximate surface area is 183 Å². The van der Waals surface area contributed by atoms with Crippen LogP contribution in [0.3, 0.4) is 0 Å². The quantitative estimate of drug-likeness (QED) is 0.636. The van der Waals surface area contributed by atoms with Gasteiger partial charge < -0.3 is 14.8 Å². The first kappa shape index (κ1) is 22.1. The molecule has 0 saturated heterocycles. The number of nitrogens with one attached hydrogen (secondary N) is 1. The maximum Gasteiger partial charge on any atom is 0.251 e. The fraction of sp³-hybridized carbons (Fsp3) is 0.231. The van der Waals surface area contributed by atoms with E-state index in [0.717, 1.165) is 28.0 Å². The molecule has 1 unspecified atom stereocenters. The summed E-state index contributed by atoms with van der Waals surface area (Å²) in [5, 5.41) is 12.2. The van der Waals surface area contributed by atoms with Crippen LogP contribution in [0.1, 0.15) is 34.3 Å². The highest BCUT2D eigenvalue weighted by atomic mass is 16.5. The zero-order chi connectivity index (χ0) is 22.1. The van der Waals surface area contributed by atoms with E-state index in [0.29, 0.717) is 31.9 Å². The second kappa shape index (κ2) is 11.0. The Kier molecular flexibility index (Phi) is 7.80. The molecule has 0 aliphatic carbocycles.